The molecule has 0 aliphatic carbocycles. The normalized spacial score (nSPS) is 20.2. The van der Waals surface area contributed by atoms with Gasteiger partial charge in [0.25, 0.3) is 0 Å². The number of aliphatic hydroxyl groups is 1. The summed E-state index contributed by atoms with van der Waals surface area (Å²) < 4.78 is 24.4. The van der Waals surface area contributed by atoms with Gasteiger partial charge in [0, 0.05) is 4.47 Å². The second-order valence-corrected chi connectivity index (χ2v) is 14.1. The fourth-order valence-corrected chi connectivity index (χ4v) is 10.0. The largest absolute Gasteiger partial charge is 0.493 e. The zero-order chi connectivity index (χ0) is 19.6. The van der Waals surface area contributed by atoms with Crippen molar-refractivity contribution in [2.75, 3.05) is 13.7 Å². The topological polar surface area (TPSA) is 57.2 Å². The molecule has 1 aliphatic rings. The third-order valence-corrected chi connectivity index (χ3v) is 11.8. The summed E-state index contributed by atoms with van der Waals surface area (Å²) in [5.41, 5.74) is 1.38. The molecule has 0 fully saturated rings. The van der Waals surface area contributed by atoms with Crippen LogP contribution in [0, 0.1) is 0 Å². The van der Waals surface area contributed by atoms with Gasteiger partial charge in [0.15, 0.2) is 17.6 Å². The number of rotatable bonds is 7. The van der Waals surface area contributed by atoms with Crippen molar-refractivity contribution in [2.45, 2.75) is 70.6 Å². The summed E-state index contributed by atoms with van der Waals surface area (Å²) in [7, 11) is -0.469. The molecule has 0 spiro atoms. The van der Waals surface area contributed by atoms with E-state index in [0.29, 0.717) is 40.5 Å². The van der Waals surface area contributed by atoms with E-state index in [9.17, 15) is 5.11 Å². The van der Waals surface area contributed by atoms with Crippen molar-refractivity contribution in [3.63, 3.8) is 0 Å². The van der Waals surface area contributed by atoms with E-state index in [1.165, 1.54) is 0 Å². The number of methoxy groups -OCH3 is 1. The van der Waals surface area contributed by atoms with Crippen LogP contribution < -0.4 is 14.2 Å². The van der Waals surface area contributed by atoms with Crippen LogP contribution in [0.4, 0.5) is 0 Å². The van der Waals surface area contributed by atoms with Gasteiger partial charge in [-0.2, -0.15) is 0 Å². The van der Waals surface area contributed by atoms with Gasteiger partial charge < -0.3 is 23.7 Å². The maximum absolute atomic E-state index is 10.4. The molecule has 1 aromatic carbocycles. The average molecular weight is 447 g/mol. The first-order chi connectivity index (χ1) is 12.1. The number of ether oxygens (including phenoxy) is 3. The molecule has 0 radical (unpaired) electrons. The number of hydrogen-bond donors (Lipinski definition) is 1. The van der Waals surface area contributed by atoms with Crippen LogP contribution in [0.1, 0.15) is 41.5 Å². The van der Waals surface area contributed by atoms with Gasteiger partial charge in [0.05, 0.1) is 13.7 Å². The predicted molar refractivity (Wildman–Crippen MR) is 109 cm³/mol. The summed E-state index contributed by atoms with van der Waals surface area (Å²) in [6, 6.07) is 3.57. The van der Waals surface area contributed by atoms with Crippen LogP contribution in [0.15, 0.2) is 16.6 Å². The minimum absolute atomic E-state index is 0.292. The highest BCUT2D eigenvalue weighted by molar-refractivity contribution is 9.10. The first-order valence-corrected chi connectivity index (χ1v) is 12.1. The van der Waals surface area contributed by atoms with Crippen molar-refractivity contribution in [3.05, 3.63) is 16.6 Å². The molecule has 0 saturated carbocycles. The maximum Gasteiger partial charge on any atom is 0.237 e. The van der Waals surface area contributed by atoms with Crippen molar-refractivity contribution in [1.82, 2.24) is 0 Å². The number of fused-ring (bicyclic) bond motifs is 1. The molecule has 5 nitrogen and oxygen atoms in total. The molecule has 0 amide bonds. The van der Waals surface area contributed by atoms with Crippen molar-refractivity contribution in [1.29, 1.82) is 0 Å². The fraction of sp³-hybridized carbons (Fsp3) is 0.684. The van der Waals surface area contributed by atoms with E-state index in [1.54, 1.807) is 13.2 Å². The van der Waals surface area contributed by atoms with Crippen LogP contribution in [0.2, 0.25) is 16.6 Å². The molecular formula is C19H31BrO5Si. The molecule has 0 unspecified atom stereocenters. The van der Waals surface area contributed by atoms with E-state index in [4.69, 9.17) is 18.6 Å². The van der Waals surface area contributed by atoms with Crippen LogP contribution in [-0.4, -0.2) is 39.5 Å². The minimum Gasteiger partial charge on any atom is -0.493 e. The smallest absolute Gasteiger partial charge is 0.237 e. The Morgan fingerprint density at radius 1 is 1.08 bits per heavy atom. The molecule has 2 rings (SSSR count). The lowest BCUT2D eigenvalue weighted by Gasteiger charge is -2.43. The monoisotopic (exact) mass is 446 g/mol. The summed E-state index contributed by atoms with van der Waals surface area (Å²) in [6.45, 7) is 13.7. The second-order valence-electron chi connectivity index (χ2n) is 7.73. The van der Waals surface area contributed by atoms with Gasteiger partial charge in [-0.1, -0.05) is 57.5 Å². The highest BCUT2D eigenvalue weighted by Gasteiger charge is 2.46. The summed E-state index contributed by atoms with van der Waals surface area (Å²) in [5.74, 6) is 1.52. The van der Waals surface area contributed by atoms with Crippen molar-refractivity contribution >= 4 is 24.2 Å². The summed E-state index contributed by atoms with van der Waals surface area (Å²) in [5, 5.41) is 10.4. The molecule has 1 aliphatic heterocycles. The van der Waals surface area contributed by atoms with Crippen LogP contribution in [0.25, 0.3) is 0 Å². The molecule has 0 bridgehead atoms. The molecule has 2 atom stereocenters. The zero-order valence-electron chi connectivity index (χ0n) is 16.7. The molecular weight excluding hydrogens is 416 g/mol. The van der Waals surface area contributed by atoms with Crippen LogP contribution in [0.3, 0.4) is 0 Å². The Kier molecular flexibility index (Phi) is 7.04. The van der Waals surface area contributed by atoms with Gasteiger partial charge in [-0.15, -0.1) is 0 Å². The van der Waals surface area contributed by atoms with E-state index >= 15 is 0 Å². The Morgan fingerprint density at radius 3 is 2.15 bits per heavy atom. The molecule has 7 heteroatoms. The molecule has 1 N–H and O–H groups in total. The average Bonchev–Trinajstić information content (AvgIpc) is 2.54. The van der Waals surface area contributed by atoms with E-state index in [0.717, 1.165) is 4.47 Å². The Morgan fingerprint density at radius 2 is 1.65 bits per heavy atom. The molecule has 0 saturated heterocycles. The van der Waals surface area contributed by atoms with Gasteiger partial charge in [0.2, 0.25) is 20.4 Å². The molecule has 1 heterocycles. The number of hydrogen-bond acceptors (Lipinski definition) is 5. The molecule has 0 aromatic heterocycles. The van der Waals surface area contributed by atoms with Gasteiger partial charge in [-0.25, -0.2) is 0 Å². The highest BCUT2D eigenvalue weighted by Crippen LogP contribution is 2.45. The van der Waals surface area contributed by atoms with Crippen molar-refractivity contribution < 1.29 is 23.7 Å². The van der Waals surface area contributed by atoms with Gasteiger partial charge >= 0.3 is 0 Å². The number of benzene rings is 1. The molecule has 26 heavy (non-hydrogen) atoms. The quantitative estimate of drug-likeness (QED) is 0.589. The predicted octanol–water partition coefficient (Wildman–Crippen LogP) is 5.11. The van der Waals surface area contributed by atoms with E-state index in [2.05, 4.69) is 57.5 Å². The maximum atomic E-state index is 10.4. The Hall–Kier alpha value is -0.763. The third-order valence-electron chi connectivity index (χ3n) is 5.25. The lowest BCUT2D eigenvalue weighted by Crippen LogP contribution is -2.52. The van der Waals surface area contributed by atoms with Crippen LogP contribution in [-0.2, 0) is 4.43 Å². The first-order valence-electron chi connectivity index (χ1n) is 9.16. The minimum atomic E-state index is -2.05. The van der Waals surface area contributed by atoms with E-state index in [1.807, 2.05) is 6.07 Å². The van der Waals surface area contributed by atoms with Crippen LogP contribution >= 0.6 is 15.9 Å². The molecule has 1 aromatic rings. The van der Waals surface area contributed by atoms with E-state index < -0.39 is 20.7 Å². The first kappa shape index (κ1) is 21.5. The van der Waals surface area contributed by atoms with Crippen LogP contribution in [0.5, 0.6) is 17.2 Å². The summed E-state index contributed by atoms with van der Waals surface area (Å²) >= 11 is 3.41. The number of aliphatic hydroxyl groups excluding tert-OH is 1. The van der Waals surface area contributed by atoms with Gasteiger partial charge in [-0.05, 0) is 28.8 Å². The zero-order valence-corrected chi connectivity index (χ0v) is 19.3. The second kappa shape index (κ2) is 8.50. The summed E-state index contributed by atoms with van der Waals surface area (Å²) in [6.07, 6.45) is -1.68. The molecule has 148 valence electrons. The Bertz CT molecular complexity index is 598. The fourth-order valence-electron chi connectivity index (χ4n) is 4.16. The highest BCUT2D eigenvalue weighted by atomic mass is 79.9. The Labute approximate surface area is 166 Å². The SMILES string of the molecule is COc1cc(Br)cc2c1O[C@@H](CO[Si](C(C)C)(C(C)C)C(C)C)[C@@H](O)O2. The standard InChI is InChI=1S/C19H31BrO5Si/c1-11(2)26(12(3)4,13(5)6)23-10-17-19(21)25-16-9-14(20)8-15(22-7)18(16)24-17/h8-9,11-13,17,19,21H,10H2,1-7H3/t17-,19-/m0/s1. The number of halogens is 1. The lowest BCUT2D eigenvalue weighted by molar-refractivity contribution is -0.126. The third kappa shape index (κ3) is 4.05. The van der Waals surface area contributed by atoms with E-state index in [-0.39, 0.29) is 0 Å². The summed E-state index contributed by atoms with van der Waals surface area (Å²) in [4.78, 5) is 0. The van der Waals surface area contributed by atoms with Gasteiger partial charge in [-0.3, -0.25) is 0 Å². The van der Waals surface area contributed by atoms with Gasteiger partial charge in [0.1, 0.15) is 0 Å². The lowest BCUT2D eigenvalue weighted by atomic mass is 10.2. The Balaban J connectivity index is 2.23. The van der Waals surface area contributed by atoms with Crippen molar-refractivity contribution in [3.8, 4) is 17.2 Å². The van der Waals surface area contributed by atoms with Crippen molar-refractivity contribution in [2.24, 2.45) is 0 Å².